The molecule has 0 aliphatic carbocycles. The Morgan fingerprint density at radius 1 is 1.35 bits per heavy atom. The number of carbonyl (C=O) groups excluding carboxylic acids is 2. The van der Waals surface area contributed by atoms with E-state index in [1.165, 1.54) is 5.56 Å². The topological polar surface area (TPSA) is 46.6 Å². The minimum absolute atomic E-state index is 0.164. The third kappa shape index (κ3) is 4.26. The normalized spacial score (nSPS) is 13.8. The van der Waals surface area contributed by atoms with Gasteiger partial charge in [-0.15, -0.1) is 0 Å². The molecule has 92 valence electrons. The molecule has 2 rings (SSSR count). The van der Waals surface area contributed by atoms with E-state index in [9.17, 15) is 9.59 Å². The van der Waals surface area contributed by atoms with E-state index >= 15 is 0 Å². The van der Waals surface area contributed by atoms with E-state index in [-0.39, 0.29) is 5.91 Å². The molecule has 0 bridgehead atoms. The molecule has 4 nitrogen and oxygen atoms in total. The first-order valence-corrected chi connectivity index (χ1v) is 5.64. The van der Waals surface area contributed by atoms with E-state index in [0.717, 1.165) is 4.90 Å². The Kier molecular flexibility index (Phi) is 5.20. The zero-order chi connectivity index (χ0) is 12.7. The highest BCUT2D eigenvalue weighted by molar-refractivity contribution is 5.92. The van der Waals surface area contributed by atoms with Crippen molar-refractivity contribution in [2.24, 2.45) is 0 Å². The summed E-state index contributed by atoms with van der Waals surface area (Å²) in [4.78, 5) is 22.6. The number of benzene rings is 1. The SMILES string of the molecule is CCC(=O)N1CCOC1=O.Cc1ccccc1. The monoisotopic (exact) mass is 235 g/mol. The quantitative estimate of drug-likeness (QED) is 0.750. The van der Waals surface area contributed by atoms with Crippen LogP contribution < -0.4 is 0 Å². The van der Waals surface area contributed by atoms with Gasteiger partial charge in [0.05, 0.1) is 6.54 Å². The molecule has 0 aromatic heterocycles. The van der Waals surface area contributed by atoms with Crippen LogP contribution in [0.25, 0.3) is 0 Å². The molecule has 4 heteroatoms. The van der Waals surface area contributed by atoms with Crippen LogP contribution in [0.3, 0.4) is 0 Å². The van der Waals surface area contributed by atoms with E-state index in [1.54, 1.807) is 6.92 Å². The predicted molar refractivity (Wildman–Crippen MR) is 64.5 cm³/mol. The second kappa shape index (κ2) is 6.68. The van der Waals surface area contributed by atoms with Crippen molar-refractivity contribution in [2.45, 2.75) is 20.3 Å². The molecular weight excluding hydrogens is 218 g/mol. The van der Waals surface area contributed by atoms with Crippen molar-refractivity contribution in [2.75, 3.05) is 13.2 Å². The number of aryl methyl sites for hydroxylation is 1. The first kappa shape index (κ1) is 13.2. The van der Waals surface area contributed by atoms with Gasteiger partial charge in [0.25, 0.3) is 0 Å². The number of hydrogen-bond acceptors (Lipinski definition) is 3. The van der Waals surface area contributed by atoms with Crippen LogP contribution in [0.1, 0.15) is 18.9 Å². The summed E-state index contributed by atoms with van der Waals surface area (Å²) in [5, 5.41) is 0. The Morgan fingerprint density at radius 3 is 2.35 bits per heavy atom. The minimum Gasteiger partial charge on any atom is -0.447 e. The average molecular weight is 235 g/mol. The molecule has 1 saturated heterocycles. The Labute approximate surface area is 101 Å². The largest absolute Gasteiger partial charge is 0.447 e. The Morgan fingerprint density at radius 2 is 2.00 bits per heavy atom. The van der Waals surface area contributed by atoms with Crippen molar-refractivity contribution in [3.05, 3.63) is 35.9 Å². The van der Waals surface area contributed by atoms with Crippen molar-refractivity contribution in [3.8, 4) is 0 Å². The minimum atomic E-state index is -0.508. The van der Waals surface area contributed by atoms with Crippen molar-refractivity contribution in [1.82, 2.24) is 4.90 Å². The van der Waals surface area contributed by atoms with Gasteiger partial charge in [-0.3, -0.25) is 4.79 Å². The first-order chi connectivity index (χ1) is 8.15. The molecule has 0 saturated carbocycles. The third-order valence-corrected chi connectivity index (χ3v) is 2.30. The van der Waals surface area contributed by atoms with Crippen LogP contribution in [-0.2, 0) is 9.53 Å². The zero-order valence-corrected chi connectivity index (χ0v) is 10.2. The van der Waals surface area contributed by atoms with Crippen LogP contribution in [0, 0.1) is 6.92 Å². The maximum absolute atomic E-state index is 10.8. The highest BCUT2D eigenvalue weighted by Gasteiger charge is 2.26. The first-order valence-electron chi connectivity index (χ1n) is 5.64. The van der Waals surface area contributed by atoms with Crippen LogP contribution in [0.15, 0.2) is 30.3 Å². The molecule has 2 amide bonds. The molecule has 1 fully saturated rings. The Bertz CT molecular complexity index is 376. The van der Waals surface area contributed by atoms with Crippen LogP contribution >= 0.6 is 0 Å². The summed E-state index contributed by atoms with van der Waals surface area (Å²) in [5.74, 6) is -0.164. The molecule has 17 heavy (non-hydrogen) atoms. The maximum atomic E-state index is 10.8. The van der Waals surface area contributed by atoms with E-state index in [2.05, 4.69) is 23.8 Å². The lowest BCUT2D eigenvalue weighted by molar-refractivity contribution is -0.127. The Balaban J connectivity index is 0.000000181. The molecule has 0 atom stereocenters. The average Bonchev–Trinajstić information content (AvgIpc) is 2.76. The molecule has 0 unspecified atom stereocenters. The number of nitrogens with zero attached hydrogens (tertiary/aromatic N) is 1. The number of hydrogen-bond donors (Lipinski definition) is 0. The summed E-state index contributed by atoms with van der Waals surface area (Å²) >= 11 is 0. The van der Waals surface area contributed by atoms with Crippen molar-refractivity contribution in [3.63, 3.8) is 0 Å². The smallest absolute Gasteiger partial charge is 0.416 e. The highest BCUT2D eigenvalue weighted by Crippen LogP contribution is 2.04. The van der Waals surface area contributed by atoms with E-state index in [0.29, 0.717) is 19.6 Å². The molecule has 1 aliphatic heterocycles. The van der Waals surface area contributed by atoms with Gasteiger partial charge < -0.3 is 4.74 Å². The highest BCUT2D eigenvalue weighted by atomic mass is 16.6. The van der Waals surface area contributed by atoms with Gasteiger partial charge in [-0.05, 0) is 6.92 Å². The van der Waals surface area contributed by atoms with Crippen LogP contribution in [0.4, 0.5) is 4.79 Å². The lowest BCUT2D eigenvalue weighted by atomic mass is 10.2. The second-order valence-corrected chi connectivity index (χ2v) is 3.67. The predicted octanol–water partition coefficient (Wildman–Crippen LogP) is 2.37. The fourth-order valence-electron chi connectivity index (χ4n) is 1.35. The van der Waals surface area contributed by atoms with Crippen molar-refractivity contribution < 1.29 is 14.3 Å². The number of imide groups is 1. The van der Waals surface area contributed by atoms with Crippen LogP contribution in [-0.4, -0.2) is 30.1 Å². The van der Waals surface area contributed by atoms with Gasteiger partial charge in [-0.1, -0.05) is 42.8 Å². The lowest BCUT2D eigenvalue weighted by Gasteiger charge is -2.07. The van der Waals surface area contributed by atoms with Gasteiger partial charge >= 0.3 is 6.09 Å². The summed E-state index contributed by atoms with van der Waals surface area (Å²) < 4.78 is 4.55. The summed E-state index contributed by atoms with van der Waals surface area (Å²) in [6.07, 6.45) is -0.151. The molecule has 1 aromatic rings. The third-order valence-electron chi connectivity index (χ3n) is 2.30. The molecule has 0 spiro atoms. The van der Waals surface area contributed by atoms with Gasteiger partial charge in [-0.25, -0.2) is 9.69 Å². The van der Waals surface area contributed by atoms with Crippen LogP contribution in [0.2, 0.25) is 0 Å². The molecule has 0 radical (unpaired) electrons. The summed E-state index contributed by atoms with van der Waals surface area (Å²) in [6, 6.07) is 10.3. The number of carbonyl (C=O) groups is 2. The molecule has 1 heterocycles. The van der Waals surface area contributed by atoms with Gasteiger partial charge in [0.1, 0.15) is 6.61 Å². The summed E-state index contributed by atoms with van der Waals surface area (Å²) in [5.41, 5.74) is 1.32. The van der Waals surface area contributed by atoms with E-state index in [1.807, 2.05) is 18.2 Å². The number of ether oxygens (including phenoxy) is 1. The van der Waals surface area contributed by atoms with Gasteiger partial charge in [0, 0.05) is 6.42 Å². The number of cyclic esters (lactones) is 1. The van der Waals surface area contributed by atoms with E-state index < -0.39 is 6.09 Å². The molecule has 1 aliphatic rings. The molecule has 0 N–H and O–H groups in total. The molecule has 1 aromatic carbocycles. The van der Waals surface area contributed by atoms with Gasteiger partial charge in [0.15, 0.2) is 0 Å². The summed E-state index contributed by atoms with van der Waals surface area (Å²) in [7, 11) is 0. The Hall–Kier alpha value is -1.84. The number of rotatable bonds is 1. The fraction of sp³-hybridized carbons (Fsp3) is 0.385. The standard InChI is InChI=1S/C7H8.C6H9NO3/c1-7-5-3-2-4-6-7;1-2-5(8)7-3-4-10-6(7)9/h2-6H,1H3;2-4H2,1H3. The maximum Gasteiger partial charge on any atom is 0.416 e. The molecular formula is C13H17NO3. The lowest BCUT2D eigenvalue weighted by Crippen LogP contribution is -2.30. The van der Waals surface area contributed by atoms with E-state index in [4.69, 9.17) is 0 Å². The second-order valence-electron chi connectivity index (χ2n) is 3.67. The zero-order valence-electron chi connectivity index (χ0n) is 10.2. The number of amides is 2. The fourth-order valence-corrected chi connectivity index (χ4v) is 1.35. The summed E-state index contributed by atoms with van der Waals surface area (Å²) in [6.45, 7) is 4.55. The van der Waals surface area contributed by atoms with Gasteiger partial charge in [0.2, 0.25) is 5.91 Å². The van der Waals surface area contributed by atoms with Crippen molar-refractivity contribution >= 4 is 12.0 Å². The van der Waals surface area contributed by atoms with Gasteiger partial charge in [-0.2, -0.15) is 0 Å². The van der Waals surface area contributed by atoms with Crippen LogP contribution in [0.5, 0.6) is 0 Å². The van der Waals surface area contributed by atoms with Crippen molar-refractivity contribution in [1.29, 1.82) is 0 Å².